The van der Waals surface area contributed by atoms with Crippen LogP contribution in [0, 0.1) is 0 Å². The number of carbonyl (C=O) groups excluding carboxylic acids is 1. The highest BCUT2D eigenvalue weighted by Crippen LogP contribution is 2.46. The summed E-state index contributed by atoms with van der Waals surface area (Å²) in [5.74, 6) is 1.60. The molecule has 0 atom stereocenters. The maximum absolute atomic E-state index is 12.4. The van der Waals surface area contributed by atoms with E-state index in [0.29, 0.717) is 5.56 Å². The summed E-state index contributed by atoms with van der Waals surface area (Å²) in [7, 11) is 1.81. The molecule has 0 radical (unpaired) electrons. The third-order valence-electron chi connectivity index (χ3n) is 4.59. The Balaban J connectivity index is 1.88. The third-order valence-corrected chi connectivity index (χ3v) is 4.59. The molecule has 3 aromatic rings. The molecule has 1 amide bonds. The van der Waals surface area contributed by atoms with E-state index in [4.69, 9.17) is 4.74 Å². The molecule has 0 N–H and O–H groups in total. The zero-order chi connectivity index (χ0) is 15.6. The molecule has 0 spiro atoms. The summed E-state index contributed by atoms with van der Waals surface area (Å²) in [6.45, 7) is 0. The molecule has 0 saturated carbocycles. The monoisotopic (exact) mass is 299 g/mol. The number of rotatable bonds is 0. The minimum Gasteiger partial charge on any atom is -0.455 e. The number of amides is 1. The van der Waals surface area contributed by atoms with Gasteiger partial charge in [-0.05, 0) is 23.6 Å². The first kappa shape index (κ1) is 12.5. The molecule has 0 aromatic heterocycles. The van der Waals surface area contributed by atoms with Crippen molar-refractivity contribution in [3.63, 3.8) is 0 Å². The Bertz CT molecular complexity index is 1030. The molecular weight excluding hydrogens is 286 g/mol. The highest BCUT2D eigenvalue weighted by molar-refractivity contribution is 6.13. The summed E-state index contributed by atoms with van der Waals surface area (Å²) >= 11 is 0. The summed E-state index contributed by atoms with van der Waals surface area (Å²) in [6.07, 6.45) is 2.04. The van der Waals surface area contributed by atoms with E-state index < -0.39 is 0 Å². The van der Waals surface area contributed by atoms with Crippen LogP contribution in [0.15, 0.2) is 54.6 Å². The molecule has 2 heterocycles. The molecule has 0 aliphatic carbocycles. The molecule has 23 heavy (non-hydrogen) atoms. The van der Waals surface area contributed by atoms with Crippen molar-refractivity contribution in [3.05, 3.63) is 71.3 Å². The van der Waals surface area contributed by atoms with E-state index in [1.807, 2.05) is 49.5 Å². The molecule has 0 fully saturated rings. The number of fused-ring (bicyclic) bond motifs is 3. The highest BCUT2D eigenvalue weighted by atomic mass is 16.5. The van der Waals surface area contributed by atoms with Crippen LogP contribution in [0.25, 0.3) is 22.5 Å². The van der Waals surface area contributed by atoms with Crippen molar-refractivity contribution >= 4 is 28.5 Å². The van der Waals surface area contributed by atoms with E-state index in [2.05, 4.69) is 18.2 Å². The fourth-order valence-electron chi connectivity index (χ4n) is 3.43. The predicted molar refractivity (Wildman–Crippen MR) is 90.4 cm³/mol. The Morgan fingerprint density at radius 3 is 2.74 bits per heavy atom. The number of carbonyl (C=O) groups is 1. The zero-order valence-corrected chi connectivity index (χ0v) is 12.5. The lowest BCUT2D eigenvalue weighted by molar-refractivity contribution is 0.0875. The van der Waals surface area contributed by atoms with Crippen molar-refractivity contribution in [3.8, 4) is 11.5 Å². The van der Waals surface area contributed by atoms with Gasteiger partial charge >= 0.3 is 0 Å². The molecule has 3 aromatic carbocycles. The van der Waals surface area contributed by atoms with Crippen LogP contribution in [0.5, 0.6) is 11.5 Å². The lowest BCUT2D eigenvalue weighted by Gasteiger charge is -2.12. The number of nitrogens with zero attached hydrogens (tertiary/aromatic N) is 1. The van der Waals surface area contributed by atoms with Gasteiger partial charge in [0.1, 0.15) is 11.5 Å². The Morgan fingerprint density at radius 2 is 1.83 bits per heavy atom. The van der Waals surface area contributed by atoms with Crippen LogP contribution in [0.3, 0.4) is 0 Å². The van der Waals surface area contributed by atoms with Crippen LogP contribution in [0.2, 0.25) is 0 Å². The molecule has 3 heteroatoms. The number of hydrogen-bond donors (Lipinski definition) is 0. The second kappa shape index (κ2) is 4.23. The first-order chi connectivity index (χ1) is 11.2. The van der Waals surface area contributed by atoms with Crippen LogP contribution in [0.4, 0.5) is 0 Å². The molecule has 0 bridgehead atoms. The van der Waals surface area contributed by atoms with E-state index in [1.165, 1.54) is 0 Å². The highest BCUT2D eigenvalue weighted by Gasteiger charge is 2.34. The van der Waals surface area contributed by atoms with Crippen molar-refractivity contribution in [1.29, 1.82) is 0 Å². The molecule has 5 rings (SSSR count). The lowest BCUT2D eigenvalue weighted by atomic mass is 10.0. The average molecular weight is 299 g/mol. The molecular formula is C20H13NO2. The molecule has 110 valence electrons. The fraction of sp³-hybridized carbons (Fsp3) is 0.0500. The van der Waals surface area contributed by atoms with Crippen molar-refractivity contribution < 1.29 is 9.53 Å². The summed E-state index contributed by atoms with van der Waals surface area (Å²) in [5, 5.41) is 2.22. The summed E-state index contributed by atoms with van der Waals surface area (Å²) in [4.78, 5) is 14.1. The fourth-order valence-corrected chi connectivity index (χ4v) is 3.43. The van der Waals surface area contributed by atoms with Crippen molar-refractivity contribution in [2.24, 2.45) is 0 Å². The number of benzene rings is 3. The van der Waals surface area contributed by atoms with E-state index in [0.717, 1.165) is 39.1 Å². The Kier molecular flexibility index (Phi) is 2.29. The van der Waals surface area contributed by atoms with Gasteiger partial charge in [0.25, 0.3) is 5.91 Å². The Hall–Kier alpha value is -3.07. The van der Waals surface area contributed by atoms with Crippen molar-refractivity contribution in [2.45, 2.75) is 0 Å². The number of hydrogen-bond acceptors (Lipinski definition) is 2. The standard InChI is InChI=1S/C20H13NO2/c1-21-16-11-13-10-9-12-5-2-3-6-14(12)19(13)23-17-8-4-7-15(18(16)17)20(21)22/h2-11H,1H3. The van der Waals surface area contributed by atoms with Gasteiger partial charge in [-0.15, -0.1) is 0 Å². The number of ether oxygens (including phenoxy) is 1. The van der Waals surface area contributed by atoms with Crippen LogP contribution >= 0.6 is 0 Å². The quantitative estimate of drug-likeness (QED) is 0.610. The first-order valence-electron chi connectivity index (χ1n) is 7.57. The Labute approximate surface area is 133 Å². The van der Waals surface area contributed by atoms with Gasteiger partial charge in [0.15, 0.2) is 0 Å². The predicted octanol–water partition coefficient (Wildman–Crippen LogP) is 4.53. The minimum absolute atomic E-state index is 0.0148. The van der Waals surface area contributed by atoms with Crippen molar-refractivity contribution in [1.82, 2.24) is 4.90 Å². The average Bonchev–Trinajstić information content (AvgIpc) is 2.74. The summed E-state index contributed by atoms with van der Waals surface area (Å²) in [5.41, 5.74) is 3.48. The van der Waals surface area contributed by atoms with E-state index in [-0.39, 0.29) is 5.91 Å². The normalized spacial score (nSPS) is 14.9. The zero-order valence-electron chi connectivity index (χ0n) is 12.5. The minimum atomic E-state index is 0.0148. The largest absolute Gasteiger partial charge is 0.455 e. The first-order valence-corrected chi connectivity index (χ1v) is 7.57. The molecule has 2 aliphatic heterocycles. The maximum Gasteiger partial charge on any atom is 0.258 e. The summed E-state index contributed by atoms with van der Waals surface area (Å²) in [6, 6.07) is 18.0. The van der Waals surface area contributed by atoms with Crippen LogP contribution in [-0.2, 0) is 0 Å². The van der Waals surface area contributed by atoms with Crippen LogP contribution < -0.4 is 4.74 Å². The summed E-state index contributed by atoms with van der Waals surface area (Å²) < 4.78 is 6.27. The molecule has 3 nitrogen and oxygen atoms in total. The van der Waals surface area contributed by atoms with Gasteiger partial charge in [-0.25, -0.2) is 0 Å². The van der Waals surface area contributed by atoms with E-state index >= 15 is 0 Å². The lowest BCUT2D eigenvalue weighted by Crippen LogP contribution is -2.16. The van der Waals surface area contributed by atoms with Gasteiger partial charge < -0.3 is 9.64 Å². The molecule has 0 saturated heterocycles. The van der Waals surface area contributed by atoms with Crippen LogP contribution in [0.1, 0.15) is 21.5 Å². The third kappa shape index (κ3) is 1.56. The van der Waals surface area contributed by atoms with Crippen LogP contribution in [-0.4, -0.2) is 17.9 Å². The van der Waals surface area contributed by atoms with Crippen molar-refractivity contribution in [2.75, 3.05) is 7.05 Å². The van der Waals surface area contributed by atoms with E-state index in [9.17, 15) is 4.79 Å². The van der Waals surface area contributed by atoms with Gasteiger partial charge in [0, 0.05) is 18.0 Å². The van der Waals surface area contributed by atoms with Gasteiger partial charge in [0.05, 0.1) is 16.8 Å². The van der Waals surface area contributed by atoms with Gasteiger partial charge in [0.2, 0.25) is 0 Å². The van der Waals surface area contributed by atoms with Gasteiger partial charge in [-0.3, -0.25) is 4.79 Å². The topological polar surface area (TPSA) is 29.5 Å². The van der Waals surface area contributed by atoms with Gasteiger partial charge in [-0.1, -0.05) is 42.5 Å². The maximum atomic E-state index is 12.4. The molecule has 0 unspecified atom stereocenters. The SMILES string of the molecule is CN1C(=O)c2cccc3c2C1=Cc1ccc2ccccc2c1O3. The second-order valence-electron chi connectivity index (χ2n) is 5.88. The molecule has 2 aliphatic rings. The van der Waals surface area contributed by atoms with Gasteiger partial charge in [-0.2, -0.15) is 0 Å². The second-order valence-corrected chi connectivity index (χ2v) is 5.88. The smallest absolute Gasteiger partial charge is 0.258 e. The van der Waals surface area contributed by atoms with E-state index in [1.54, 1.807) is 4.90 Å². The Morgan fingerprint density at radius 1 is 0.957 bits per heavy atom.